The fourth-order valence-electron chi connectivity index (χ4n) is 2.81. The van der Waals surface area contributed by atoms with E-state index in [1.165, 1.54) is 0 Å². The predicted octanol–water partition coefficient (Wildman–Crippen LogP) is 2.58. The number of carboxylic acid groups (broad SMARTS) is 1. The van der Waals surface area contributed by atoms with Crippen molar-refractivity contribution in [1.29, 1.82) is 0 Å². The maximum Gasteiger partial charge on any atom is 0.305 e. The number of hydrogen-bond donors (Lipinski definition) is 3. The summed E-state index contributed by atoms with van der Waals surface area (Å²) >= 11 is 0. The van der Waals surface area contributed by atoms with E-state index in [9.17, 15) is 14.4 Å². The minimum absolute atomic E-state index is 0.0691. The SMILES string of the molecule is CCn1c(C)cc(C(=O)Nc2ccc(C(=O)NCCC(=O)O)cc2)c1C. The minimum Gasteiger partial charge on any atom is -0.481 e. The van der Waals surface area contributed by atoms with Gasteiger partial charge in [-0.25, -0.2) is 0 Å². The summed E-state index contributed by atoms with van der Waals surface area (Å²) in [5.41, 5.74) is 3.55. The molecule has 0 unspecified atom stereocenters. The molecule has 0 bridgehead atoms. The third-order valence-corrected chi connectivity index (χ3v) is 4.16. The van der Waals surface area contributed by atoms with Gasteiger partial charge < -0.3 is 20.3 Å². The van der Waals surface area contributed by atoms with E-state index in [-0.39, 0.29) is 24.8 Å². The van der Waals surface area contributed by atoms with Crippen LogP contribution >= 0.6 is 0 Å². The standard InChI is InChI=1S/C19H23N3O4/c1-4-22-12(2)11-16(13(22)3)19(26)21-15-7-5-14(6-8-15)18(25)20-10-9-17(23)24/h5-8,11H,4,9-10H2,1-3H3,(H,20,25)(H,21,26)(H,23,24). The van der Waals surface area contributed by atoms with Crippen LogP contribution in [-0.4, -0.2) is 34.0 Å². The van der Waals surface area contributed by atoms with Gasteiger partial charge in [-0.3, -0.25) is 14.4 Å². The van der Waals surface area contributed by atoms with Gasteiger partial charge in [0, 0.05) is 35.7 Å². The fourth-order valence-corrected chi connectivity index (χ4v) is 2.81. The molecule has 0 atom stereocenters. The van der Waals surface area contributed by atoms with Crippen LogP contribution in [0.15, 0.2) is 30.3 Å². The molecule has 0 aliphatic heterocycles. The molecule has 26 heavy (non-hydrogen) atoms. The van der Waals surface area contributed by atoms with E-state index in [1.807, 2.05) is 26.8 Å². The van der Waals surface area contributed by atoms with Crippen LogP contribution in [0.3, 0.4) is 0 Å². The number of amides is 2. The van der Waals surface area contributed by atoms with Gasteiger partial charge in [0.2, 0.25) is 0 Å². The molecule has 0 saturated heterocycles. The Kier molecular flexibility index (Phi) is 6.16. The maximum atomic E-state index is 12.5. The number of hydrogen-bond acceptors (Lipinski definition) is 3. The number of nitrogens with zero attached hydrogens (tertiary/aromatic N) is 1. The highest BCUT2D eigenvalue weighted by Crippen LogP contribution is 2.17. The summed E-state index contributed by atoms with van der Waals surface area (Å²) in [6.45, 7) is 6.78. The molecule has 2 rings (SSSR count). The first-order valence-corrected chi connectivity index (χ1v) is 8.41. The largest absolute Gasteiger partial charge is 0.481 e. The van der Waals surface area contributed by atoms with Crippen molar-refractivity contribution in [2.24, 2.45) is 0 Å². The molecule has 138 valence electrons. The van der Waals surface area contributed by atoms with Crippen LogP contribution in [0.4, 0.5) is 5.69 Å². The van der Waals surface area contributed by atoms with Crippen molar-refractivity contribution in [3.63, 3.8) is 0 Å². The van der Waals surface area contributed by atoms with Crippen LogP contribution in [0.1, 0.15) is 45.4 Å². The lowest BCUT2D eigenvalue weighted by atomic mass is 10.1. The maximum absolute atomic E-state index is 12.5. The van der Waals surface area contributed by atoms with Crippen molar-refractivity contribution in [3.05, 3.63) is 52.8 Å². The number of aromatic nitrogens is 1. The first-order chi connectivity index (χ1) is 12.3. The molecular weight excluding hydrogens is 334 g/mol. The number of aryl methyl sites for hydroxylation is 1. The summed E-state index contributed by atoms with van der Waals surface area (Å²) in [7, 11) is 0. The number of carbonyl (C=O) groups is 3. The summed E-state index contributed by atoms with van der Waals surface area (Å²) in [5, 5.41) is 13.9. The lowest BCUT2D eigenvalue weighted by Gasteiger charge is -2.08. The number of aliphatic carboxylic acids is 1. The van der Waals surface area contributed by atoms with Crippen molar-refractivity contribution in [1.82, 2.24) is 9.88 Å². The van der Waals surface area contributed by atoms with Crippen molar-refractivity contribution < 1.29 is 19.5 Å². The van der Waals surface area contributed by atoms with Gasteiger partial charge >= 0.3 is 5.97 Å². The van der Waals surface area contributed by atoms with Gasteiger partial charge in [0.1, 0.15) is 0 Å². The third-order valence-electron chi connectivity index (χ3n) is 4.16. The van der Waals surface area contributed by atoms with Gasteiger partial charge in [-0.05, 0) is 51.1 Å². The molecule has 0 fully saturated rings. The average Bonchev–Trinajstić information content (AvgIpc) is 2.89. The quantitative estimate of drug-likeness (QED) is 0.709. The number of nitrogens with one attached hydrogen (secondary N) is 2. The van der Waals surface area contributed by atoms with Crippen LogP contribution in [0.5, 0.6) is 0 Å². The first-order valence-electron chi connectivity index (χ1n) is 8.41. The highest BCUT2D eigenvalue weighted by molar-refractivity contribution is 6.05. The second-order valence-corrected chi connectivity index (χ2v) is 5.96. The highest BCUT2D eigenvalue weighted by Gasteiger charge is 2.15. The molecule has 2 amide bonds. The Balaban J connectivity index is 2.01. The molecule has 3 N–H and O–H groups in total. The topological polar surface area (TPSA) is 100 Å². The summed E-state index contributed by atoms with van der Waals surface area (Å²) in [4.78, 5) is 34.8. The molecule has 0 saturated carbocycles. The Morgan fingerprint density at radius 2 is 1.73 bits per heavy atom. The zero-order chi connectivity index (χ0) is 19.3. The van der Waals surface area contributed by atoms with E-state index in [0.717, 1.165) is 17.9 Å². The van der Waals surface area contributed by atoms with Crippen LogP contribution < -0.4 is 10.6 Å². The average molecular weight is 357 g/mol. The molecule has 1 aromatic carbocycles. The van der Waals surface area contributed by atoms with Gasteiger partial charge in [-0.1, -0.05) is 0 Å². The van der Waals surface area contributed by atoms with E-state index in [4.69, 9.17) is 5.11 Å². The molecule has 0 spiro atoms. The Morgan fingerprint density at radius 3 is 2.27 bits per heavy atom. The zero-order valence-corrected chi connectivity index (χ0v) is 15.1. The van der Waals surface area contributed by atoms with Crippen molar-refractivity contribution in [3.8, 4) is 0 Å². The normalized spacial score (nSPS) is 10.4. The van der Waals surface area contributed by atoms with Gasteiger partial charge in [0.15, 0.2) is 0 Å². The van der Waals surface area contributed by atoms with E-state index in [0.29, 0.717) is 16.8 Å². The summed E-state index contributed by atoms with van der Waals surface area (Å²) in [5.74, 6) is -1.52. The molecule has 1 heterocycles. The highest BCUT2D eigenvalue weighted by atomic mass is 16.4. The Morgan fingerprint density at radius 1 is 1.08 bits per heavy atom. The lowest BCUT2D eigenvalue weighted by molar-refractivity contribution is -0.136. The lowest BCUT2D eigenvalue weighted by Crippen LogP contribution is -2.25. The van der Waals surface area contributed by atoms with E-state index < -0.39 is 5.97 Å². The number of anilines is 1. The monoisotopic (exact) mass is 357 g/mol. The molecule has 0 aliphatic carbocycles. The van der Waals surface area contributed by atoms with Crippen LogP contribution in [0, 0.1) is 13.8 Å². The second-order valence-electron chi connectivity index (χ2n) is 5.96. The molecule has 0 radical (unpaired) electrons. The summed E-state index contributed by atoms with van der Waals surface area (Å²) in [6.07, 6.45) is -0.129. The zero-order valence-electron chi connectivity index (χ0n) is 15.1. The summed E-state index contributed by atoms with van der Waals surface area (Å²) in [6, 6.07) is 8.31. The van der Waals surface area contributed by atoms with Crippen molar-refractivity contribution in [2.75, 3.05) is 11.9 Å². The van der Waals surface area contributed by atoms with Gasteiger partial charge in [0.25, 0.3) is 11.8 Å². The van der Waals surface area contributed by atoms with E-state index >= 15 is 0 Å². The van der Waals surface area contributed by atoms with Gasteiger partial charge in [-0.2, -0.15) is 0 Å². The Hall–Kier alpha value is -3.09. The van der Waals surface area contributed by atoms with Gasteiger partial charge in [0.05, 0.1) is 12.0 Å². The number of rotatable bonds is 7. The minimum atomic E-state index is -0.967. The van der Waals surface area contributed by atoms with Crippen molar-refractivity contribution >= 4 is 23.5 Å². The smallest absolute Gasteiger partial charge is 0.305 e. The molecule has 7 nitrogen and oxygen atoms in total. The number of carboxylic acids is 1. The molecule has 1 aromatic heterocycles. The molecule has 2 aromatic rings. The van der Waals surface area contributed by atoms with Gasteiger partial charge in [-0.15, -0.1) is 0 Å². The first kappa shape index (κ1) is 19.2. The Bertz CT molecular complexity index is 822. The number of benzene rings is 1. The summed E-state index contributed by atoms with van der Waals surface area (Å²) < 4.78 is 2.07. The molecular formula is C19H23N3O4. The van der Waals surface area contributed by atoms with Crippen LogP contribution in [-0.2, 0) is 11.3 Å². The Labute approximate surface area is 152 Å². The van der Waals surface area contributed by atoms with Crippen molar-refractivity contribution in [2.45, 2.75) is 33.7 Å². The van der Waals surface area contributed by atoms with Crippen LogP contribution in [0.25, 0.3) is 0 Å². The molecule has 7 heteroatoms. The van der Waals surface area contributed by atoms with Crippen LogP contribution in [0.2, 0.25) is 0 Å². The second kappa shape index (κ2) is 8.33. The van der Waals surface area contributed by atoms with E-state index in [1.54, 1.807) is 24.3 Å². The third kappa shape index (κ3) is 4.50. The number of carbonyl (C=O) groups excluding carboxylic acids is 2. The molecule has 0 aliphatic rings. The fraction of sp³-hybridized carbons (Fsp3) is 0.316. The predicted molar refractivity (Wildman–Crippen MR) is 98.6 cm³/mol. The van der Waals surface area contributed by atoms with E-state index in [2.05, 4.69) is 15.2 Å².